The van der Waals surface area contributed by atoms with Gasteiger partial charge in [0.1, 0.15) is 0 Å². The fraction of sp³-hybridized carbons (Fsp3) is 0.714. The maximum atomic E-state index is 12.5. The molecule has 33 heavy (non-hydrogen) atoms. The molecule has 0 saturated heterocycles. The molecule has 0 N–H and O–H groups in total. The molecule has 0 radical (unpaired) electrons. The van der Waals surface area contributed by atoms with Crippen LogP contribution in [0.3, 0.4) is 0 Å². The lowest BCUT2D eigenvalue weighted by molar-refractivity contribution is -0.137. The molecule has 0 aliphatic carbocycles. The summed E-state index contributed by atoms with van der Waals surface area (Å²) in [6.07, 6.45) is 10.7. The normalized spacial score (nSPS) is 11.1. The second-order valence-electron chi connectivity index (χ2n) is 9.72. The van der Waals surface area contributed by atoms with Crippen LogP contribution in [0.15, 0.2) is 18.2 Å². The van der Waals surface area contributed by atoms with E-state index in [1.165, 1.54) is 0 Å². The van der Waals surface area contributed by atoms with Crippen molar-refractivity contribution in [2.45, 2.75) is 112 Å². The van der Waals surface area contributed by atoms with Crippen LogP contribution in [0, 0.1) is 11.8 Å². The molecule has 188 valence electrons. The Labute approximate surface area is 201 Å². The lowest BCUT2D eigenvalue weighted by Crippen LogP contribution is -2.13. The largest absolute Gasteiger partial charge is 0.490 e. The molecule has 0 spiro atoms. The summed E-state index contributed by atoms with van der Waals surface area (Å²) in [7, 11) is 0. The molecular formula is C28H46O5. The summed E-state index contributed by atoms with van der Waals surface area (Å²) in [4.78, 5) is 24.9. The summed E-state index contributed by atoms with van der Waals surface area (Å²) in [6.45, 7) is 11.4. The summed E-state index contributed by atoms with van der Waals surface area (Å²) in [5.41, 5.74) is 0. The van der Waals surface area contributed by atoms with E-state index >= 15 is 0 Å². The van der Waals surface area contributed by atoms with Crippen molar-refractivity contribution >= 4 is 11.9 Å². The van der Waals surface area contributed by atoms with Crippen LogP contribution in [-0.2, 0) is 9.59 Å². The van der Waals surface area contributed by atoms with Gasteiger partial charge >= 0.3 is 11.9 Å². The van der Waals surface area contributed by atoms with Gasteiger partial charge < -0.3 is 14.2 Å². The highest BCUT2D eigenvalue weighted by atomic mass is 16.6. The standard InChI is InChI=1S/C28H46O5/c1-6-7-8-13-21-31-24-17-14-18-25(32-26(29)19-11-9-15-22(2)3)28(24)33-27(30)20-12-10-16-23(4)5/h14,17-18,22-23H,6-13,15-16,19-21H2,1-5H3. The zero-order valence-corrected chi connectivity index (χ0v) is 21.6. The summed E-state index contributed by atoms with van der Waals surface area (Å²) < 4.78 is 17.2. The second kappa shape index (κ2) is 17.4. The topological polar surface area (TPSA) is 61.8 Å². The van der Waals surface area contributed by atoms with E-state index in [1.54, 1.807) is 18.2 Å². The molecule has 0 atom stereocenters. The van der Waals surface area contributed by atoms with Crippen LogP contribution in [0.2, 0.25) is 0 Å². The number of hydrogen-bond acceptors (Lipinski definition) is 5. The molecular weight excluding hydrogens is 416 g/mol. The third-order valence-corrected chi connectivity index (χ3v) is 5.46. The van der Waals surface area contributed by atoms with E-state index in [1.807, 2.05) is 0 Å². The quantitative estimate of drug-likeness (QED) is 0.126. The Morgan fingerprint density at radius 1 is 0.727 bits per heavy atom. The fourth-order valence-corrected chi connectivity index (χ4v) is 3.48. The highest BCUT2D eigenvalue weighted by Gasteiger charge is 2.19. The van der Waals surface area contributed by atoms with Crippen LogP contribution in [0.25, 0.3) is 0 Å². The van der Waals surface area contributed by atoms with Gasteiger partial charge in [-0.2, -0.15) is 0 Å². The molecule has 5 nitrogen and oxygen atoms in total. The summed E-state index contributed by atoms with van der Waals surface area (Å²) in [5.74, 6) is 1.53. The van der Waals surface area contributed by atoms with E-state index in [4.69, 9.17) is 14.2 Å². The number of ether oxygens (including phenoxy) is 3. The Morgan fingerprint density at radius 3 is 1.88 bits per heavy atom. The fourth-order valence-electron chi connectivity index (χ4n) is 3.48. The van der Waals surface area contributed by atoms with Gasteiger partial charge in [-0.05, 0) is 43.2 Å². The lowest BCUT2D eigenvalue weighted by atomic mass is 10.1. The summed E-state index contributed by atoms with van der Waals surface area (Å²) >= 11 is 0. The predicted molar refractivity (Wildman–Crippen MR) is 134 cm³/mol. The molecule has 0 heterocycles. The first-order valence-electron chi connectivity index (χ1n) is 13.0. The predicted octanol–water partition coefficient (Wildman–Crippen LogP) is 7.89. The van der Waals surface area contributed by atoms with Crippen molar-refractivity contribution in [3.05, 3.63) is 18.2 Å². The van der Waals surface area contributed by atoms with Crippen molar-refractivity contribution < 1.29 is 23.8 Å². The number of unbranched alkanes of at least 4 members (excludes halogenated alkanes) is 5. The van der Waals surface area contributed by atoms with E-state index in [9.17, 15) is 9.59 Å². The van der Waals surface area contributed by atoms with Gasteiger partial charge in [0.05, 0.1) is 6.61 Å². The second-order valence-corrected chi connectivity index (χ2v) is 9.72. The maximum Gasteiger partial charge on any atom is 0.311 e. The van der Waals surface area contributed by atoms with Gasteiger partial charge in [-0.1, -0.05) is 85.6 Å². The third-order valence-electron chi connectivity index (χ3n) is 5.46. The maximum absolute atomic E-state index is 12.5. The molecule has 0 saturated carbocycles. The molecule has 0 fully saturated rings. The minimum absolute atomic E-state index is 0.220. The highest BCUT2D eigenvalue weighted by molar-refractivity contribution is 5.77. The number of carbonyl (C=O) groups excluding carboxylic acids is 2. The number of rotatable bonds is 18. The molecule has 0 aliphatic rings. The Balaban J connectivity index is 2.78. The van der Waals surface area contributed by atoms with Gasteiger partial charge in [0.2, 0.25) is 5.75 Å². The SMILES string of the molecule is CCCCCCOc1cccc(OC(=O)CCCCC(C)C)c1OC(=O)CCCCC(C)C. The van der Waals surface area contributed by atoms with Gasteiger partial charge in [-0.15, -0.1) is 0 Å². The van der Waals surface area contributed by atoms with Crippen LogP contribution in [0.1, 0.15) is 112 Å². The Hall–Kier alpha value is -2.04. The third kappa shape index (κ3) is 14.0. The summed E-state index contributed by atoms with van der Waals surface area (Å²) in [5, 5.41) is 0. The number of carbonyl (C=O) groups is 2. The minimum Gasteiger partial charge on any atom is -0.490 e. The molecule has 0 amide bonds. The molecule has 5 heteroatoms. The zero-order chi connectivity index (χ0) is 24.5. The monoisotopic (exact) mass is 462 g/mol. The van der Waals surface area contributed by atoms with Crippen LogP contribution < -0.4 is 14.2 Å². The molecule has 0 unspecified atom stereocenters. The number of benzene rings is 1. The first kappa shape index (κ1) is 29.0. The lowest BCUT2D eigenvalue weighted by Gasteiger charge is -2.15. The molecule has 1 rings (SSSR count). The average Bonchev–Trinajstić information content (AvgIpc) is 2.76. The number of esters is 2. The smallest absolute Gasteiger partial charge is 0.311 e. The van der Waals surface area contributed by atoms with Crippen molar-refractivity contribution in [1.82, 2.24) is 0 Å². The van der Waals surface area contributed by atoms with Crippen molar-refractivity contribution in [3.8, 4) is 17.2 Å². The Kier molecular flexibility index (Phi) is 15.3. The van der Waals surface area contributed by atoms with Gasteiger partial charge in [0.25, 0.3) is 0 Å². The van der Waals surface area contributed by atoms with Crippen molar-refractivity contribution in [3.63, 3.8) is 0 Å². The number of para-hydroxylation sites is 1. The molecule has 0 aromatic heterocycles. The van der Waals surface area contributed by atoms with E-state index in [-0.39, 0.29) is 23.4 Å². The van der Waals surface area contributed by atoms with Gasteiger partial charge in [-0.25, -0.2) is 0 Å². The van der Waals surface area contributed by atoms with Crippen molar-refractivity contribution in [2.24, 2.45) is 11.8 Å². The molecule has 0 aliphatic heterocycles. The van der Waals surface area contributed by atoms with Gasteiger partial charge in [0, 0.05) is 12.8 Å². The van der Waals surface area contributed by atoms with Crippen molar-refractivity contribution in [2.75, 3.05) is 6.61 Å². The first-order valence-corrected chi connectivity index (χ1v) is 13.0. The minimum atomic E-state index is -0.324. The van der Waals surface area contributed by atoms with Crippen LogP contribution in [-0.4, -0.2) is 18.5 Å². The van der Waals surface area contributed by atoms with Gasteiger partial charge in [-0.3, -0.25) is 9.59 Å². The summed E-state index contributed by atoms with van der Waals surface area (Å²) in [6, 6.07) is 5.20. The highest BCUT2D eigenvalue weighted by Crippen LogP contribution is 2.38. The van der Waals surface area contributed by atoms with Crippen LogP contribution in [0.5, 0.6) is 17.2 Å². The van der Waals surface area contributed by atoms with E-state index in [0.29, 0.717) is 37.0 Å². The molecule has 1 aromatic carbocycles. The molecule has 0 bridgehead atoms. The van der Waals surface area contributed by atoms with E-state index in [2.05, 4.69) is 34.6 Å². The Morgan fingerprint density at radius 2 is 1.30 bits per heavy atom. The first-order chi connectivity index (χ1) is 15.8. The number of hydrogen-bond donors (Lipinski definition) is 0. The zero-order valence-electron chi connectivity index (χ0n) is 21.6. The van der Waals surface area contributed by atoms with Crippen molar-refractivity contribution in [1.29, 1.82) is 0 Å². The molecule has 1 aromatic rings. The van der Waals surface area contributed by atoms with Crippen LogP contribution >= 0.6 is 0 Å². The van der Waals surface area contributed by atoms with Crippen LogP contribution in [0.4, 0.5) is 0 Å². The van der Waals surface area contributed by atoms with Gasteiger partial charge in [0.15, 0.2) is 11.5 Å². The van der Waals surface area contributed by atoms with E-state index in [0.717, 1.165) is 64.2 Å². The van der Waals surface area contributed by atoms with E-state index < -0.39 is 0 Å². The average molecular weight is 463 g/mol. The Bertz CT molecular complexity index is 681.